The first-order valence-electron chi connectivity index (χ1n) is 9.09. The highest BCUT2D eigenvalue weighted by molar-refractivity contribution is 6.16. The number of esters is 1. The van der Waals surface area contributed by atoms with Crippen molar-refractivity contribution in [2.45, 2.75) is 40.0 Å². The Labute approximate surface area is 152 Å². The van der Waals surface area contributed by atoms with Crippen molar-refractivity contribution in [1.82, 2.24) is 9.97 Å². The summed E-state index contributed by atoms with van der Waals surface area (Å²) in [5, 5.41) is 4.61. The molecule has 4 heteroatoms. The summed E-state index contributed by atoms with van der Waals surface area (Å²) in [7, 11) is 0. The van der Waals surface area contributed by atoms with E-state index in [1.807, 2.05) is 30.6 Å². The summed E-state index contributed by atoms with van der Waals surface area (Å²) < 4.78 is 5.54. The fourth-order valence-corrected chi connectivity index (χ4v) is 3.70. The zero-order valence-corrected chi connectivity index (χ0v) is 15.3. The predicted molar refractivity (Wildman–Crippen MR) is 106 cm³/mol. The molecule has 2 aromatic carbocycles. The Hall–Kier alpha value is -2.88. The number of ether oxygens (including phenoxy) is 1. The maximum atomic E-state index is 12.0. The molecule has 4 aromatic rings. The lowest BCUT2D eigenvalue weighted by Gasteiger charge is -2.08. The molecule has 0 bridgehead atoms. The van der Waals surface area contributed by atoms with Crippen LogP contribution in [0.1, 0.15) is 37.3 Å². The van der Waals surface area contributed by atoms with Crippen LogP contribution in [0.15, 0.2) is 36.7 Å². The molecule has 0 atom stereocenters. The molecule has 0 fully saturated rings. The van der Waals surface area contributed by atoms with Gasteiger partial charge in [0.2, 0.25) is 0 Å². The SMILES string of the molecule is CCCCC(=O)Oc1ccc2[nH]c3c(C)c4ccncc4c(C)c3c2c1. The van der Waals surface area contributed by atoms with E-state index in [2.05, 4.69) is 36.8 Å². The van der Waals surface area contributed by atoms with E-state index >= 15 is 0 Å². The number of aryl methyl sites for hydroxylation is 2. The average molecular weight is 346 g/mol. The van der Waals surface area contributed by atoms with Gasteiger partial charge in [0.25, 0.3) is 0 Å². The summed E-state index contributed by atoms with van der Waals surface area (Å²) in [6.45, 7) is 6.32. The number of aromatic nitrogens is 2. The van der Waals surface area contributed by atoms with Crippen molar-refractivity contribution in [2.24, 2.45) is 0 Å². The molecule has 26 heavy (non-hydrogen) atoms. The molecule has 0 saturated carbocycles. The first kappa shape index (κ1) is 16.6. The summed E-state index contributed by atoms with van der Waals surface area (Å²) in [4.78, 5) is 19.8. The monoisotopic (exact) mass is 346 g/mol. The van der Waals surface area contributed by atoms with Crippen LogP contribution in [0.4, 0.5) is 0 Å². The van der Waals surface area contributed by atoms with Crippen LogP contribution < -0.4 is 4.74 Å². The van der Waals surface area contributed by atoms with Gasteiger partial charge in [0.15, 0.2) is 0 Å². The second-order valence-electron chi connectivity index (χ2n) is 6.83. The van der Waals surface area contributed by atoms with Gasteiger partial charge in [0.05, 0.1) is 5.52 Å². The van der Waals surface area contributed by atoms with Gasteiger partial charge < -0.3 is 9.72 Å². The van der Waals surface area contributed by atoms with Crippen LogP contribution in [0.2, 0.25) is 0 Å². The molecule has 0 aliphatic rings. The van der Waals surface area contributed by atoms with E-state index in [0.29, 0.717) is 12.2 Å². The fourth-order valence-electron chi connectivity index (χ4n) is 3.70. The quantitative estimate of drug-likeness (QED) is 0.387. The Kier molecular flexibility index (Phi) is 4.11. The number of H-pyrrole nitrogens is 1. The largest absolute Gasteiger partial charge is 0.427 e. The van der Waals surface area contributed by atoms with E-state index in [1.165, 1.54) is 21.9 Å². The third kappa shape index (κ3) is 2.62. The molecular formula is C22H22N2O2. The van der Waals surface area contributed by atoms with Crippen molar-refractivity contribution in [3.8, 4) is 5.75 Å². The fraction of sp³-hybridized carbons (Fsp3) is 0.273. The van der Waals surface area contributed by atoms with Crippen LogP contribution in [0, 0.1) is 13.8 Å². The smallest absolute Gasteiger partial charge is 0.311 e. The number of hydrogen-bond donors (Lipinski definition) is 1. The zero-order chi connectivity index (χ0) is 18.3. The van der Waals surface area contributed by atoms with Crippen LogP contribution in [-0.2, 0) is 4.79 Å². The highest BCUT2D eigenvalue weighted by atomic mass is 16.5. The highest BCUT2D eigenvalue weighted by Crippen LogP contribution is 2.37. The van der Waals surface area contributed by atoms with E-state index in [9.17, 15) is 4.79 Å². The topological polar surface area (TPSA) is 55.0 Å². The van der Waals surface area contributed by atoms with Crippen LogP contribution >= 0.6 is 0 Å². The first-order valence-corrected chi connectivity index (χ1v) is 9.09. The first-order chi connectivity index (χ1) is 12.6. The van der Waals surface area contributed by atoms with Gasteiger partial charge in [-0.25, -0.2) is 0 Å². The number of aromatic amines is 1. The van der Waals surface area contributed by atoms with Gasteiger partial charge in [0.1, 0.15) is 5.75 Å². The Bertz CT molecular complexity index is 1140. The van der Waals surface area contributed by atoms with Gasteiger partial charge in [-0.05, 0) is 61.0 Å². The lowest BCUT2D eigenvalue weighted by molar-refractivity contribution is -0.134. The summed E-state index contributed by atoms with van der Waals surface area (Å²) in [5.74, 6) is 0.427. The van der Waals surface area contributed by atoms with Gasteiger partial charge in [-0.2, -0.15) is 0 Å². The second kappa shape index (κ2) is 6.45. The minimum atomic E-state index is -0.173. The van der Waals surface area contributed by atoms with Gasteiger partial charge in [-0.3, -0.25) is 9.78 Å². The number of unbranched alkanes of at least 4 members (excludes halogenated alkanes) is 1. The minimum Gasteiger partial charge on any atom is -0.427 e. The lowest BCUT2D eigenvalue weighted by atomic mass is 9.97. The number of rotatable bonds is 4. The van der Waals surface area contributed by atoms with Crippen LogP contribution in [0.5, 0.6) is 5.75 Å². The molecule has 0 radical (unpaired) electrons. The third-order valence-corrected chi connectivity index (χ3v) is 5.12. The van der Waals surface area contributed by atoms with Crippen LogP contribution in [-0.4, -0.2) is 15.9 Å². The summed E-state index contributed by atoms with van der Waals surface area (Å²) in [6.07, 6.45) is 6.04. The molecule has 2 heterocycles. The number of pyridine rings is 1. The second-order valence-corrected chi connectivity index (χ2v) is 6.83. The Morgan fingerprint density at radius 2 is 1.96 bits per heavy atom. The molecule has 0 aliphatic carbocycles. The van der Waals surface area contributed by atoms with Crippen LogP contribution in [0.25, 0.3) is 32.6 Å². The minimum absolute atomic E-state index is 0.173. The van der Waals surface area contributed by atoms with Crippen molar-refractivity contribution in [3.63, 3.8) is 0 Å². The molecule has 0 unspecified atom stereocenters. The molecule has 0 aliphatic heterocycles. The maximum Gasteiger partial charge on any atom is 0.311 e. The van der Waals surface area contributed by atoms with E-state index in [1.54, 1.807) is 0 Å². The Morgan fingerprint density at radius 3 is 2.77 bits per heavy atom. The highest BCUT2D eigenvalue weighted by Gasteiger charge is 2.15. The summed E-state index contributed by atoms with van der Waals surface area (Å²) in [6, 6.07) is 7.86. The van der Waals surface area contributed by atoms with Crippen molar-refractivity contribution < 1.29 is 9.53 Å². The van der Waals surface area contributed by atoms with Gasteiger partial charge in [-0.15, -0.1) is 0 Å². The van der Waals surface area contributed by atoms with Crippen molar-refractivity contribution in [1.29, 1.82) is 0 Å². The summed E-state index contributed by atoms with van der Waals surface area (Å²) in [5.41, 5.74) is 4.57. The van der Waals surface area contributed by atoms with Crippen molar-refractivity contribution >= 4 is 38.5 Å². The molecule has 0 saturated heterocycles. The number of nitrogens with zero attached hydrogens (tertiary/aromatic N) is 1. The molecule has 4 nitrogen and oxygen atoms in total. The number of nitrogens with one attached hydrogen (secondary N) is 1. The third-order valence-electron chi connectivity index (χ3n) is 5.12. The standard InChI is InChI=1S/C22H22N2O2/c1-4-5-6-20(25)26-15-7-8-19-17(11-15)21-13(2)18-12-23-10-9-16(18)14(3)22(21)24-19/h7-12,24H,4-6H2,1-3H3. The Morgan fingerprint density at radius 1 is 1.12 bits per heavy atom. The number of fused-ring (bicyclic) bond motifs is 4. The number of benzene rings is 2. The number of carbonyl (C=O) groups is 1. The molecule has 2 aromatic heterocycles. The van der Waals surface area contributed by atoms with Gasteiger partial charge >= 0.3 is 5.97 Å². The zero-order valence-electron chi connectivity index (χ0n) is 15.3. The predicted octanol–water partition coefficient (Wildman–Crippen LogP) is 5.58. The van der Waals surface area contributed by atoms with E-state index in [0.717, 1.165) is 34.6 Å². The number of hydrogen-bond acceptors (Lipinski definition) is 3. The molecule has 0 amide bonds. The van der Waals surface area contributed by atoms with Gasteiger partial charge in [0, 0.05) is 40.5 Å². The Balaban J connectivity index is 1.90. The number of carbonyl (C=O) groups excluding carboxylic acids is 1. The van der Waals surface area contributed by atoms with Crippen molar-refractivity contribution in [3.05, 3.63) is 47.8 Å². The molecule has 0 spiro atoms. The molecule has 132 valence electrons. The molecular weight excluding hydrogens is 324 g/mol. The average Bonchev–Trinajstić information content (AvgIpc) is 3.03. The lowest BCUT2D eigenvalue weighted by Crippen LogP contribution is -2.07. The maximum absolute atomic E-state index is 12.0. The van der Waals surface area contributed by atoms with E-state index in [4.69, 9.17) is 4.74 Å². The normalized spacial score (nSPS) is 11.5. The van der Waals surface area contributed by atoms with Crippen molar-refractivity contribution in [2.75, 3.05) is 0 Å². The van der Waals surface area contributed by atoms with Gasteiger partial charge in [-0.1, -0.05) is 13.3 Å². The van der Waals surface area contributed by atoms with E-state index in [-0.39, 0.29) is 5.97 Å². The summed E-state index contributed by atoms with van der Waals surface area (Å²) >= 11 is 0. The van der Waals surface area contributed by atoms with E-state index < -0.39 is 0 Å². The molecule has 4 rings (SSSR count). The molecule has 1 N–H and O–H groups in total. The van der Waals surface area contributed by atoms with Crippen LogP contribution in [0.3, 0.4) is 0 Å².